The van der Waals surface area contributed by atoms with Crippen LogP contribution in [-0.2, 0) is 0 Å². The van der Waals surface area contributed by atoms with Crippen LogP contribution < -0.4 is 0 Å². The molecule has 0 bridgehead atoms. The summed E-state index contributed by atoms with van der Waals surface area (Å²) in [6.07, 6.45) is 0. The highest BCUT2D eigenvalue weighted by molar-refractivity contribution is 6.12. The summed E-state index contributed by atoms with van der Waals surface area (Å²) < 4.78 is 13.1. The van der Waals surface area contributed by atoms with Crippen LogP contribution in [0.15, 0.2) is 265 Å². The van der Waals surface area contributed by atoms with Crippen LogP contribution in [0.2, 0.25) is 0 Å². The molecule has 4 heteroatoms. The molecule has 0 saturated heterocycles. The van der Waals surface area contributed by atoms with Gasteiger partial charge in [0.1, 0.15) is 11.2 Å². The van der Waals surface area contributed by atoms with Crippen LogP contribution in [-0.4, -0.2) is 13.7 Å². The Morgan fingerprint density at radius 3 is 1.06 bits per heavy atom. The van der Waals surface area contributed by atoms with E-state index in [1.54, 1.807) is 0 Å². The maximum Gasteiger partial charge on any atom is 0.135 e. The van der Waals surface area contributed by atoms with Crippen LogP contribution in [0.1, 0.15) is 0 Å². The first-order valence-electron chi connectivity index (χ1n) is 23.9. The maximum absolute atomic E-state index is 6.02. The number of benzene rings is 11. The van der Waals surface area contributed by atoms with Gasteiger partial charge in [-0.15, -0.1) is 0 Å². The molecule has 70 heavy (non-hydrogen) atoms. The summed E-state index contributed by atoms with van der Waals surface area (Å²) in [6.45, 7) is 0. The summed E-state index contributed by atoms with van der Waals surface area (Å²) >= 11 is 0. The molecule has 0 aliphatic carbocycles. The number of fused-ring (bicyclic) bond motifs is 12. The quantitative estimate of drug-likeness (QED) is 0.169. The molecule has 0 atom stereocenters. The Kier molecular flexibility index (Phi) is 9.17. The van der Waals surface area contributed by atoms with Gasteiger partial charge in [0.25, 0.3) is 0 Å². The highest BCUT2D eigenvalue weighted by Gasteiger charge is 2.17. The van der Waals surface area contributed by atoms with Gasteiger partial charge >= 0.3 is 0 Å². The van der Waals surface area contributed by atoms with Gasteiger partial charge in [0.05, 0.1) is 33.1 Å². The van der Waals surface area contributed by atoms with E-state index in [1.807, 2.05) is 12.1 Å². The van der Waals surface area contributed by atoms with Gasteiger partial charge < -0.3 is 18.1 Å². The Balaban J connectivity index is 0.000000133. The van der Waals surface area contributed by atoms with Crippen LogP contribution in [0.5, 0.6) is 0 Å². The molecular weight excluding hydrogens is 851 g/mol. The van der Waals surface area contributed by atoms with Crippen LogP contribution >= 0.6 is 0 Å². The summed E-state index contributed by atoms with van der Waals surface area (Å²) in [5, 5.41) is 9.96. The third-order valence-electron chi connectivity index (χ3n) is 14.1. The Bertz CT molecular complexity index is 4380. The third-order valence-corrected chi connectivity index (χ3v) is 14.1. The van der Waals surface area contributed by atoms with E-state index in [2.05, 4.69) is 262 Å². The SMILES string of the molecule is c1cc(-c2ccc3oc4ccccc4c3c2)cc(-n2c3ccccc3c3ccccc32)c1.c1ccc(-n2c3ccccc3c3cc(-c4cccc(-n5c6ccccc6c6ccccc65)c4)ccc32)cc1. The predicted octanol–water partition coefficient (Wildman–Crippen LogP) is 17.9. The molecule has 0 unspecified atom stereocenters. The van der Waals surface area contributed by atoms with Crippen molar-refractivity contribution < 1.29 is 4.42 Å². The molecule has 4 nitrogen and oxygen atoms in total. The Morgan fingerprint density at radius 1 is 0.200 bits per heavy atom. The minimum Gasteiger partial charge on any atom is -0.456 e. The second-order valence-electron chi connectivity index (χ2n) is 18.1. The molecule has 11 aromatic carbocycles. The minimum absolute atomic E-state index is 0.925. The van der Waals surface area contributed by atoms with Crippen molar-refractivity contribution in [1.29, 1.82) is 0 Å². The molecule has 0 amide bonds. The zero-order valence-electron chi connectivity index (χ0n) is 38.1. The maximum atomic E-state index is 6.02. The van der Waals surface area contributed by atoms with E-state index in [4.69, 9.17) is 4.42 Å². The predicted molar refractivity (Wildman–Crippen MR) is 294 cm³/mol. The molecule has 0 fully saturated rings. The van der Waals surface area contributed by atoms with Gasteiger partial charge in [-0.25, -0.2) is 0 Å². The van der Waals surface area contributed by atoms with E-state index in [0.29, 0.717) is 0 Å². The van der Waals surface area contributed by atoms with Crippen molar-refractivity contribution in [2.24, 2.45) is 0 Å². The lowest BCUT2D eigenvalue weighted by atomic mass is 10.0. The van der Waals surface area contributed by atoms with E-state index >= 15 is 0 Å². The molecule has 328 valence electrons. The summed E-state index contributed by atoms with van der Waals surface area (Å²) in [5.74, 6) is 0. The second-order valence-corrected chi connectivity index (χ2v) is 18.1. The molecule has 4 heterocycles. The van der Waals surface area contributed by atoms with Crippen molar-refractivity contribution in [2.45, 2.75) is 0 Å². The number of nitrogens with zero attached hydrogens (tertiary/aromatic N) is 3. The molecular formula is C66H43N3O. The largest absolute Gasteiger partial charge is 0.456 e. The molecule has 0 saturated carbocycles. The second kappa shape index (κ2) is 16.2. The summed E-state index contributed by atoms with van der Waals surface area (Å²) in [7, 11) is 0. The van der Waals surface area contributed by atoms with Crippen molar-refractivity contribution >= 4 is 87.4 Å². The molecule has 0 spiro atoms. The average molecular weight is 894 g/mol. The molecule has 15 aromatic rings. The smallest absolute Gasteiger partial charge is 0.135 e. The van der Waals surface area contributed by atoms with Gasteiger partial charge in [0.15, 0.2) is 0 Å². The van der Waals surface area contributed by atoms with Crippen molar-refractivity contribution in [1.82, 2.24) is 13.7 Å². The third kappa shape index (κ3) is 6.38. The molecule has 4 aromatic heterocycles. The highest BCUT2D eigenvalue weighted by atomic mass is 16.3. The first kappa shape index (κ1) is 39.8. The number of rotatable bonds is 5. The monoisotopic (exact) mass is 893 g/mol. The van der Waals surface area contributed by atoms with Gasteiger partial charge in [-0.05, 0) is 119 Å². The fraction of sp³-hybridized carbons (Fsp3) is 0. The lowest BCUT2D eigenvalue weighted by Gasteiger charge is -2.11. The zero-order chi connectivity index (χ0) is 46.1. The van der Waals surface area contributed by atoms with Crippen molar-refractivity contribution in [2.75, 3.05) is 0 Å². The average Bonchev–Trinajstić information content (AvgIpc) is 4.18. The molecule has 0 N–H and O–H groups in total. The zero-order valence-corrected chi connectivity index (χ0v) is 38.1. The van der Waals surface area contributed by atoms with Crippen LogP contribution in [0, 0.1) is 0 Å². The molecule has 0 aliphatic heterocycles. The van der Waals surface area contributed by atoms with Gasteiger partial charge in [0, 0.05) is 60.2 Å². The van der Waals surface area contributed by atoms with Crippen molar-refractivity contribution in [3.8, 4) is 39.3 Å². The van der Waals surface area contributed by atoms with Crippen LogP contribution in [0.4, 0.5) is 0 Å². The van der Waals surface area contributed by atoms with Crippen LogP contribution in [0.3, 0.4) is 0 Å². The van der Waals surface area contributed by atoms with E-state index in [9.17, 15) is 0 Å². The van der Waals surface area contributed by atoms with Gasteiger partial charge in [-0.3, -0.25) is 0 Å². The molecule has 0 aliphatic rings. The molecule has 15 rings (SSSR count). The number of hydrogen-bond acceptors (Lipinski definition) is 1. The molecule has 0 radical (unpaired) electrons. The lowest BCUT2D eigenvalue weighted by Crippen LogP contribution is -1.94. The topological polar surface area (TPSA) is 27.9 Å². The van der Waals surface area contributed by atoms with E-state index in [-0.39, 0.29) is 0 Å². The van der Waals surface area contributed by atoms with Crippen molar-refractivity contribution in [3.05, 3.63) is 261 Å². The number of para-hydroxylation sites is 7. The standard InChI is InChI=1S/C36H24N2.C30H19NO/c1-2-12-27(13-3-1)37-35-20-9-6-17-31(35)32-24-26(21-22-36(32)37)25-11-10-14-28(23-25)38-33-18-7-4-15-29(33)30-16-5-8-19-34(30)38;1-4-13-27-23(10-1)24-11-2-5-14-28(24)31(27)22-9-7-8-20(18-22)21-16-17-30-26(19-21)25-12-3-6-15-29(25)32-30/h1-24H;1-19H. The normalized spacial score (nSPS) is 11.7. The van der Waals surface area contributed by atoms with Gasteiger partial charge in [-0.2, -0.15) is 0 Å². The van der Waals surface area contributed by atoms with E-state index < -0.39 is 0 Å². The summed E-state index contributed by atoms with van der Waals surface area (Å²) in [4.78, 5) is 0. The number of furan rings is 1. The minimum atomic E-state index is 0.925. The fourth-order valence-electron chi connectivity index (χ4n) is 11.0. The van der Waals surface area contributed by atoms with E-state index in [0.717, 1.165) is 27.6 Å². The Hall–Kier alpha value is -9.38. The summed E-state index contributed by atoms with van der Waals surface area (Å²) in [6, 6.07) is 93.2. The van der Waals surface area contributed by atoms with Gasteiger partial charge in [-0.1, -0.05) is 164 Å². The lowest BCUT2D eigenvalue weighted by molar-refractivity contribution is 0.669. The summed E-state index contributed by atoms with van der Waals surface area (Å²) in [5.41, 5.74) is 17.5. The first-order chi connectivity index (χ1) is 34.7. The van der Waals surface area contributed by atoms with Gasteiger partial charge in [0.2, 0.25) is 0 Å². The van der Waals surface area contributed by atoms with Crippen molar-refractivity contribution in [3.63, 3.8) is 0 Å². The highest BCUT2D eigenvalue weighted by Crippen LogP contribution is 2.39. The Labute approximate surface area is 403 Å². The fourth-order valence-corrected chi connectivity index (χ4v) is 11.0. The number of hydrogen-bond donors (Lipinski definition) is 0. The Morgan fingerprint density at radius 2 is 0.543 bits per heavy atom. The number of aromatic nitrogens is 3. The van der Waals surface area contributed by atoms with E-state index in [1.165, 1.54) is 99.0 Å². The van der Waals surface area contributed by atoms with Crippen LogP contribution in [0.25, 0.3) is 127 Å². The first-order valence-corrected chi connectivity index (χ1v) is 23.9.